The number of rotatable bonds is 6. The van der Waals surface area contributed by atoms with Gasteiger partial charge in [0, 0.05) is 12.1 Å². The Bertz CT molecular complexity index is 1120. The number of aromatic nitrogens is 3. The SMILES string of the molecule is CCn1c(SCC(=O)Nc2ccc(F)c(F)c2F)nnc1-c1ccc2c(c1)OCO2. The number of anilines is 1. The van der Waals surface area contributed by atoms with Crippen molar-refractivity contribution in [3.63, 3.8) is 0 Å². The van der Waals surface area contributed by atoms with Crippen molar-refractivity contribution in [1.29, 1.82) is 0 Å². The Kier molecular flexibility index (Phi) is 5.53. The number of carbonyl (C=O) groups excluding carboxylic acids is 1. The molecule has 0 aliphatic carbocycles. The predicted molar refractivity (Wildman–Crippen MR) is 103 cm³/mol. The maximum atomic E-state index is 13.7. The molecule has 0 saturated carbocycles. The van der Waals surface area contributed by atoms with E-state index in [9.17, 15) is 18.0 Å². The number of halogens is 3. The standard InChI is InChI=1S/C19H15F3N4O3S/c1-2-26-18(10-3-6-13-14(7-10)29-9-28-13)24-25-19(26)30-8-15(27)23-12-5-4-11(20)16(21)17(12)22/h3-7H,2,8-9H2,1H3,(H,23,27). The van der Waals surface area contributed by atoms with Crippen molar-refractivity contribution in [3.8, 4) is 22.9 Å². The van der Waals surface area contributed by atoms with Crippen LogP contribution in [-0.4, -0.2) is 33.2 Å². The molecule has 3 aromatic rings. The molecule has 2 aromatic carbocycles. The van der Waals surface area contributed by atoms with E-state index in [1.165, 1.54) is 0 Å². The fraction of sp³-hybridized carbons (Fsp3) is 0.211. The Morgan fingerprint density at radius 1 is 1.13 bits per heavy atom. The molecule has 0 atom stereocenters. The number of nitrogens with one attached hydrogen (secondary N) is 1. The molecule has 1 aromatic heterocycles. The lowest BCUT2D eigenvalue weighted by molar-refractivity contribution is -0.113. The van der Waals surface area contributed by atoms with Gasteiger partial charge in [0.1, 0.15) is 0 Å². The van der Waals surface area contributed by atoms with Crippen LogP contribution < -0.4 is 14.8 Å². The molecule has 1 aliphatic heterocycles. The van der Waals surface area contributed by atoms with Gasteiger partial charge in [-0.25, -0.2) is 13.2 Å². The maximum Gasteiger partial charge on any atom is 0.234 e. The summed E-state index contributed by atoms with van der Waals surface area (Å²) >= 11 is 1.08. The molecule has 0 spiro atoms. The second kappa shape index (κ2) is 8.27. The Balaban J connectivity index is 1.47. The van der Waals surface area contributed by atoms with Gasteiger partial charge in [-0.2, -0.15) is 0 Å². The number of nitrogens with zero attached hydrogens (tertiary/aromatic N) is 3. The van der Waals surface area contributed by atoms with Crippen molar-refractivity contribution in [3.05, 3.63) is 47.8 Å². The summed E-state index contributed by atoms with van der Waals surface area (Å²) in [7, 11) is 0. The summed E-state index contributed by atoms with van der Waals surface area (Å²) in [6, 6.07) is 7.11. The summed E-state index contributed by atoms with van der Waals surface area (Å²) in [4.78, 5) is 12.1. The fourth-order valence-electron chi connectivity index (χ4n) is 2.87. The van der Waals surface area contributed by atoms with Crippen molar-refractivity contribution < 1.29 is 27.4 Å². The fourth-order valence-corrected chi connectivity index (χ4v) is 3.67. The smallest absolute Gasteiger partial charge is 0.234 e. The molecule has 1 amide bonds. The number of carbonyl (C=O) groups is 1. The second-order valence-electron chi connectivity index (χ2n) is 6.18. The summed E-state index contributed by atoms with van der Waals surface area (Å²) in [5, 5.41) is 11.0. The number of hydrogen-bond donors (Lipinski definition) is 1. The van der Waals surface area contributed by atoms with E-state index < -0.39 is 29.0 Å². The lowest BCUT2D eigenvalue weighted by Crippen LogP contribution is -2.16. The zero-order valence-corrected chi connectivity index (χ0v) is 16.4. The van der Waals surface area contributed by atoms with Crippen LogP contribution in [0.15, 0.2) is 35.5 Å². The molecule has 2 heterocycles. The quantitative estimate of drug-likeness (QED) is 0.467. The molecule has 30 heavy (non-hydrogen) atoms. The largest absolute Gasteiger partial charge is 0.454 e. The molecule has 7 nitrogen and oxygen atoms in total. The van der Waals surface area contributed by atoms with Gasteiger partial charge in [0.25, 0.3) is 0 Å². The number of hydrogen-bond acceptors (Lipinski definition) is 6. The first kappa shape index (κ1) is 20.1. The van der Waals surface area contributed by atoms with E-state index in [0.717, 1.165) is 29.5 Å². The number of ether oxygens (including phenoxy) is 2. The summed E-state index contributed by atoms with van der Waals surface area (Å²) in [6.07, 6.45) is 0. The van der Waals surface area contributed by atoms with Crippen LogP contribution in [0, 0.1) is 17.5 Å². The highest BCUT2D eigenvalue weighted by atomic mass is 32.2. The third kappa shape index (κ3) is 3.80. The van der Waals surface area contributed by atoms with Gasteiger partial charge in [-0.15, -0.1) is 10.2 Å². The third-order valence-electron chi connectivity index (χ3n) is 4.31. The van der Waals surface area contributed by atoms with E-state index in [1.54, 1.807) is 12.1 Å². The first-order valence-electron chi connectivity index (χ1n) is 8.87. The van der Waals surface area contributed by atoms with Crippen molar-refractivity contribution in [2.75, 3.05) is 17.9 Å². The molecule has 1 aliphatic rings. The van der Waals surface area contributed by atoms with E-state index in [4.69, 9.17) is 9.47 Å². The highest BCUT2D eigenvalue weighted by molar-refractivity contribution is 7.99. The van der Waals surface area contributed by atoms with Crippen LogP contribution in [0.25, 0.3) is 11.4 Å². The minimum absolute atomic E-state index is 0.127. The van der Waals surface area contributed by atoms with Crippen LogP contribution in [0.4, 0.5) is 18.9 Å². The molecule has 0 radical (unpaired) electrons. The van der Waals surface area contributed by atoms with E-state index in [1.807, 2.05) is 17.6 Å². The average Bonchev–Trinajstić information content (AvgIpc) is 3.38. The van der Waals surface area contributed by atoms with Gasteiger partial charge < -0.3 is 19.4 Å². The lowest BCUT2D eigenvalue weighted by atomic mass is 10.2. The minimum Gasteiger partial charge on any atom is -0.454 e. The molecular formula is C19H15F3N4O3S. The van der Waals surface area contributed by atoms with Crippen molar-refractivity contribution in [2.24, 2.45) is 0 Å². The normalized spacial score (nSPS) is 12.3. The Morgan fingerprint density at radius 3 is 2.73 bits per heavy atom. The topological polar surface area (TPSA) is 78.3 Å². The lowest BCUT2D eigenvalue weighted by Gasteiger charge is -2.09. The highest BCUT2D eigenvalue weighted by Crippen LogP contribution is 2.36. The third-order valence-corrected chi connectivity index (χ3v) is 5.27. The summed E-state index contributed by atoms with van der Waals surface area (Å²) in [5.74, 6) is -3.29. The van der Waals surface area contributed by atoms with Gasteiger partial charge >= 0.3 is 0 Å². The molecule has 156 valence electrons. The highest BCUT2D eigenvalue weighted by Gasteiger charge is 2.20. The molecule has 11 heteroatoms. The average molecular weight is 436 g/mol. The predicted octanol–water partition coefficient (Wildman–Crippen LogP) is 3.84. The van der Waals surface area contributed by atoms with E-state index in [-0.39, 0.29) is 12.5 Å². The summed E-state index contributed by atoms with van der Waals surface area (Å²) in [6.45, 7) is 2.60. The van der Waals surface area contributed by atoms with Crippen molar-refractivity contribution in [2.45, 2.75) is 18.6 Å². The maximum absolute atomic E-state index is 13.7. The molecule has 4 rings (SSSR count). The zero-order chi connectivity index (χ0) is 21.3. The Hall–Kier alpha value is -3.21. The minimum atomic E-state index is -1.64. The molecule has 0 unspecified atom stereocenters. The Labute approximate surface area is 173 Å². The first-order valence-corrected chi connectivity index (χ1v) is 9.86. The zero-order valence-electron chi connectivity index (χ0n) is 15.6. The van der Waals surface area contributed by atoms with E-state index >= 15 is 0 Å². The number of benzene rings is 2. The van der Waals surface area contributed by atoms with Crippen LogP contribution in [0.5, 0.6) is 11.5 Å². The van der Waals surface area contributed by atoms with Gasteiger partial charge in [-0.1, -0.05) is 11.8 Å². The van der Waals surface area contributed by atoms with Gasteiger partial charge in [0.15, 0.2) is 39.9 Å². The molecule has 0 fully saturated rings. The number of thioether (sulfide) groups is 1. The van der Waals surface area contributed by atoms with Gasteiger partial charge in [0.2, 0.25) is 12.7 Å². The van der Waals surface area contributed by atoms with Crippen molar-refractivity contribution in [1.82, 2.24) is 14.8 Å². The summed E-state index contributed by atoms with van der Waals surface area (Å²) < 4.78 is 52.5. The monoisotopic (exact) mass is 436 g/mol. The molecule has 0 bridgehead atoms. The van der Waals surface area contributed by atoms with Crippen LogP contribution in [0.3, 0.4) is 0 Å². The molecular weight excluding hydrogens is 421 g/mol. The van der Waals surface area contributed by atoms with Gasteiger partial charge in [-0.05, 0) is 37.3 Å². The van der Waals surface area contributed by atoms with E-state index in [2.05, 4.69) is 15.5 Å². The van der Waals surface area contributed by atoms with Gasteiger partial charge in [-0.3, -0.25) is 4.79 Å². The second-order valence-corrected chi connectivity index (χ2v) is 7.12. The van der Waals surface area contributed by atoms with Gasteiger partial charge in [0.05, 0.1) is 11.4 Å². The summed E-state index contributed by atoms with van der Waals surface area (Å²) in [5.41, 5.74) is 0.339. The van der Waals surface area contributed by atoms with Crippen molar-refractivity contribution >= 4 is 23.4 Å². The van der Waals surface area contributed by atoms with E-state index in [0.29, 0.717) is 29.0 Å². The number of amides is 1. The Morgan fingerprint density at radius 2 is 1.93 bits per heavy atom. The molecule has 1 N–H and O–H groups in total. The molecule has 0 saturated heterocycles. The first-order chi connectivity index (χ1) is 14.5. The van der Waals surface area contributed by atoms with Crippen LogP contribution in [-0.2, 0) is 11.3 Å². The van der Waals surface area contributed by atoms with Crippen LogP contribution >= 0.6 is 11.8 Å². The van der Waals surface area contributed by atoms with Crippen LogP contribution in [0.1, 0.15) is 6.92 Å². The van der Waals surface area contributed by atoms with Crippen LogP contribution in [0.2, 0.25) is 0 Å². The number of fused-ring (bicyclic) bond motifs is 1.